The van der Waals surface area contributed by atoms with Gasteiger partial charge < -0.3 is 9.09 Å². The zero-order chi connectivity index (χ0) is 12.7. The third-order valence-electron chi connectivity index (χ3n) is 3.44. The summed E-state index contributed by atoms with van der Waals surface area (Å²) in [7, 11) is 0. The molecule has 92 valence electrons. The monoisotopic (exact) mass is 240 g/mol. The molecule has 2 heterocycles. The van der Waals surface area contributed by atoms with Crippen molar-refractivity contribution in [1.82, 2.24) is 9.72 Å². The first-order valence-corrected chi connectivity index (χ1v) is 6.12. The summed E-state index contributed by atoms with van der Waals surface area (Å²) in [5.74, 6) is 0.905. The van der Waals surface area contributed by atoms with Crippen molar-refractivity contribution < 1.29 is 4.52 Å². The van der Waals surface area contributed by atoms with Crippen LogP contribution < -0.4 is 0 Å². The number of aryl methyl sites for hydroxylation is 3. The number of hydrogen-bond donors (Lipinski definition) is 0. The molecule has 0 atom stereocenters. The summed E-state index contributed by atoms with van der Waals surface area (Å²) in [6.45, 7) is 6.88. The molecular formula is C15H16N2O. The zero-order valence-electron chi connectivity index (χ0n) is 10.9. The first-order valence-electron chi connectivity index (χ1n) is 6.12. The van der Waals surface area contributed by atoms with Crippen LogP contribution >= 0.6 is 0 Å². The predicted octanol–water partition coefficient (Wildman–Crippen LogP) is 3.60. The van der Waals surface area contributed by atoms with E-state index in [2.05, 4.69) is 47.1 Å². The van der Waals surface area contributed by atoms with Crippen LogP contribution in [-0.2, 0) is 6.54 Å². The molecule has 0 unspecified atom stereocenters. The van der Waals surface area contributed by atoms with E-state index >= 15 is 0 Å². The molecule has 0 bridgehead atoms. The van der Waals surface area contributed by atoms with Gasteiger partial charge in [0.05, 0.1) is 12.2 Å². The maximum Gasteiger partial charge on any atom is 0.138 e. The lowest BCUT2D eigenvalue weighted by Gasteiger charge is -2.05. The Morgan fingerprint density at radius 3 is 2.72 bits per heavy atom. The van der Waals surface area contributed by atoms with E-state index in [1.807, 2.05) is 13.8 Å². The minimum atomic E-state index is 0.814. The quantitative estimate of drug-likeness (QED) is 0.685. The normalized spacial score (nSPS) is 11.3. The summed E-state index contributed by atoms with van der Waals surface area (Å²) in [5, 5.41) is 5.28. The Hall–Kier alpha value is -2.03. The first kappa shape index (κ1) is 11.1. The first-order chi connectivity index (χ1) is 8.65. The number of hydrogen-bond acceptors (Lipinski definition) is 2. The molecule has 2 aromatic heterocycles. The van der Waals surface area contributed by atoms with Crippen molar-refractivity contribution in [2.24, 2.45) is 0 Å². The molecule has 0 N–H and O–H groups in total. The van der Waals surface area contributed by atoms with Crippen LogP contribution in [0.5, 0.6) is 0 Å². The lowest BCUT2D eigenvalue weighted by molar-refractivity contribution is 0.392. The van der Waals surface area contributed by atoms with Crippen molar-refractivity contribution in [3.8, 4) is 0 Å². The molecule has 1 aromatic carbocycles. The minimum absolute atomic E-state index is 0.814. The maximum atomic E-state index is 5.22. The van der Waals surface area contributed by atoms with E-state index in [1.165, 1.54) is 22.0 Å². The van der Waals surface area contributed by atoms with Crippen molar-refractivity contribution in [2.45, 2.75) is 27.3 Å². The van der Waals surface area contributed by atoms with Crippen molar-refractivity contribution in [3.63, 3.8) is 0 Å². The molecule has 0 radical (unpaired) electrons. The highest BCUT2D eigenvalue weighted by molar-refractivity contribution is 5.80. The lowest BCUT2D eigenvalue weighted by Crippen LogP contribution is -2.00. The van der Waals surface area contributed by atoms with Crippen LogP contribution in [-0.4, -0.2) is 9.72 Å². The van der Waals surface area contributed by atoms with Gasteiger partial charge >= 0.3 is 0 Å². The van der Waals surface area contributed by atoms with Crippen LogP contribution in [0.2, 0.25) is 0 Å². The molecule has 0 fully saturated rings. The van der Waals surface area contributed by atoms with Crippen molar-refractivity contribution in [2.75, 3.05) is 0 Å². The molecule has 18 heavy (non-hydrogen) atoms. The fraction of sp³-hybridized carbons (Fsp3) is 0.267. The second kappa shape index (κ2) is 4.02. The SMILES string of the molecule is Cc1ccc2ccn(Cc3c(C)noc3C)c2c1. The molecule has 0 saturated carbocycles. The summed E-state index contributed by atoms with van der Waals surface area (Å²) in [6.07, 6.45) is 2.12. The average Bonchev–Trinajstić information content (AvgIpc) is 2.88. The number of fused-ring (bicyclic) bond motifs is 1. The smallest absolute Gasteiger partial charge is 0.138 e. The summed E-state index contributed by atoms with van der Waals surface area (Å²) < 4.78 is 7.46. The molecule has 3 aromatic rings. The molecule has 0 amide bonds. The van der Waals surface area contributed by atoms with E-state index in [4.69, 9.17) is 4.52 Å². The largest absolute Gasteiger partial charge is 0.361 e. The number of benzene rings is 1. The van der Waals surface area contributed by atoms with Gasteiger partial charge in [-0.15, -0.1) is 0 Å². The molecule has 3 nitrogen and oxygen atoms in total. The predicted molar refractivity (Wildman–Crippen MR) is 71.8 cm³/mol. The van der Waals surface area contributed by atoms with Gasteiger partial charge in [-0.1, -0.05) is 17.3 Å². The highest BCUT2D eigenvalue weighted by atomic mass is 16.5. The Balaban J connectivity index is 2.08. The standard InChI is InChI=1S/C15H16N2O/c1-10-4-5-13-6-7-17(15(13)8-10)9-14-11(2)16-18-12(14)3/h4-8H,9H2,1-3H3. The molecule has 3 heteroatoms. The lowest BCUT2D eigenvalue weighted by atomic mass is 10.2. The van der Waals surface area contributed by atoms with Crippen LogP contribution in [0.1, 0.15) is 22.6 Å². The Bertz CT molecular complexity index is 687. The maximum absolute atomic E-state index is 5.22. The van der Waals surface area contributed by atoms with Gasteiger partial charge in [0.15, 0.2) is 0 Å². The number of rotatable bonds is 2. The molecule has 0 aliphatic heterocycles. The second-order valence-corrected chi connectivity index (χ2v) is 4.81. The Kier molecular flexibility index (Phi) is 2.47. The zero-order valence-corrected chi connectivity index (χ0v) is 10.9. The van der Waals surface area contributed by atoms with Crippen LogP contribution in [0.25, 0.3) is 10.9 Å². The highest BCUT2D eigenvalue weighted by Crippen LogP contribution is 2.21. The van der Waals surface area contributed by atoms with Gasteiger partial charge in [0.25, 0.3) is 0 Å². The van der Waals surface area contributed by atoms with Gasteiger partial charge in [-0.05, 0) is 43.9 Å². The van der Waals surface area contributed by atoms with Crippen molar-refractivity contribution in [3.05, 3.63) is 53.0 Å². The Morgan fingerprint density at radius 2 is 2.00 bits per heavy atom. The van der Waals surface area contributed by atoms with E-state index < -0.39 is 0 Å². The van der Waals surface area contributed by atoms with E-state index in [-0.39, 0.29) is 0 Å². The van der Waals surface area contributed by atoms with Gasteiger partial charge in [-0.2, -0.15) is 0 Å². The van der Waals surface area contributed by atoms with Gasteiger partial charge in [0, 0.05) is 17.3 Å². The van der Waals surface area contributed by atoms with Crippen LogP contribution in [0.4, 0.5) is 0 Å². The fourth-order valence-electron chi connectivity index (χ4n) is 2.33. The fourth-order valence-corrected chi connectivity index (χ4v) is 2.33. The summed E-state index contributed by atoms with van der Waals surface area (Å²) in [6, 6.07) is 8.66. The molecule has 0 aliphatic rings. The van der Waals surface area contributed by atoms with Crippen molar-refractivity contribution in [1.29, 1.82) is 0 Å². The van der Waals surface area contributed by atoms with E-state index in [9.17, 15) is 0 Å². The topological polar surface area (TPSA) is 31.0 Å². The molecule has 0 spiro atoms. The number of aromatic nitrogens is 2. The van der Waals surface area contributed by atoms with Gasteiger partial charge in [0.2, 0.25) is 0 Å². The third-order valence-corrected chi connectivity index (χ3v) is 3.44. The Labute approximate surface area is 106 Å². The van der Waals surface area contributed by atoms with E-state index in [1.54, 1.807) is 0 Å². The third kappa shape index (κ3) is 1.72. The van der Waals surface area contributed by atoms with Gasteiger partial charge in [-0.25, -0.2) is 0 Å². The van der Waals surface area contributed by atoms with Gasteiger partial charge in [-0.3, -0.25) is 0 Å². The second-order valence-electron chi connectivity index (χ2n) is 4.81. The molecule has 0 saturated heterocycles. The molecule has 0 aliphatic carbocycles. The van der Waals surface area contributed by atoms with Gasteiger partial charge in [0.1, 0.15) is 5.76 Å². The minimum Gasteiger partial charge on any atom is -0.361 e. The van der Waals surface area contributed by atoms with E-state index in [0.717, 1.165) is 18.0 Å². The van der Waals surface area contributed by atoms with Crippen LogP contribution in [0.3, 0.4) is 0 Å². The molecular weight excluding hydrogens is 224 g/mol. The van der Waals surface area contributed by atoms with Crippen molar-refractivity contribution >= 4 is 10.9 Å². The molecule has 3 rings (SSSR count). The Morgan fingerprint density at radius 1 is 1.17 bits per heavy atom. The number of nitrogens with zero attached hydrogens (tertiary/aromatic N) is 2. The summed E-state index contributed by atoms with van der Waals surface area (Å²) >= 11 is 0. The van der Waals surface area contributed by atoms with E-state index in [0.29, 0.717) is 0 Å². The van der Waals surface area contributed by atoms with Crippen LogP contribution in [0, 0.1) is 20.8 Å². The highest BCUT2D eigenvalue weighted by Gasteiger charge is 2.10. The average molecular weight is 240 g/mol. The summed E-state index contributed by atoms with van der Waals surface area (Å²) in [4.78, 5) is 0. The summed E-state index contributed by atoms with van der Waals surface area (Å²) in [5.41, 5.74) is 4.69. The van der Waals surface area contributed by atoms with Crippen LogP contribution in [0.15, 0.2) is 35.0 Å².